The zero-order valence-electron chi connectivity index (χ0n) is 13.7. The summed E-state index contributed by atoms with van der Waals surface area (Å²) in [6.07, 6.45) is 5.37. The molecule has 1 heterocycles. The van der Waals surface area contributed by atoms with Gasteiger partial charge >= 0.3 is 0 Å². The van der Waals surface area contributed by atoms with Crippen LogP contribution in [0, 0.1) is 0 Å². The standard InChI is InChI=1S/C19H12Cl4N2OS/c20-13-3-5-15(21)12(9-13)2-6-18(26)25-19-24-10-14(27-19)7-11-1-4-16(22)17(23)8-11/h1-6,8-10H,7H2,(H,24,25,26)/b6-2+. The highest BCUT2D eigenvalue weighted by atomic mass is 35.5. The lowest BCUT2D eigenvalue weighted by Gasteiger charge is -2.01. The number of hydrogen-bond acceptors (Lipinski definition) is 3. The lowest BCUT2D eigenvalue weighted by atomic mass is 10.1. The second-order valence-electron chi connectivity index (χ2n) is 5.55. The summed E-state index contributed by atoms with van der Waals surface area (Å²) in [4.78, 5) is 17.3. The molecule has 1 amide bonds. The summed E-state index contributed by atoms with van der Waals surface area (Å²) in [6.45, 7) is 0. The molecule has 0 aliphatic carbocycles. The summed E-state index contributed by atoms with van der Waals surface area (Å²) in [7, 11) is 0. The third-order valence-electron chi connectivity index (χ3n) is 3.52. The van der Waals surface area contributed by atoms with Crippen molar-refractivity contribution in [3.63, 3.8) is 0 Å². The topological polar surface area (TPSA) is 42.0 Å². The molecule has 0 radical (unpaired) electrons. The molecule has 2 aromatic carbocycles. The molecule has 1 aromatic heterocycles. The Morgan fingerprint density at radius 3 is 2.59 bits per heavy atom. The maximum Gasteiger partial charge on any atom is 0.250 e. The first-order valence-corrected chi connectivity index (χ1v) is 10.1. The van der Waals surface area contributed by atoms with E-state index in [1.54, 1.807) is 36.5 Å². The number of nitrogens with zero attached hydrogens (tertiary/aromatic N) is 1. The molecule has 8 heteroatoms. The van der Waals surface area contributed by atoms with Gasteiger partial charge in [0, 0.05) is 33.6 Å². The number of halogens is 4. The maximum atomic E-state index is 12.1. The van der Waals surface area contributed by atoms with E-state index >= 15 is 0 Å². The largest absolute Gasteiger partial charge is 0.298 e. The Bertz CT molecular complexity index is 1020. The van der Waals surface area contributed by atoms with Gasteiger partial charge in [-0.2, -0.15) is 0 Å². The van der Waals surface area contributed by atoms with Crippen LogP contribution in [0.1, 0.15) is 16.0 Å². The Morgan fingerprint density at radius 2 is 1.81 bits per heavy atom. The summed E-state index contributed by atoms with van der Waals surface area (Å²) in [6, 6.07) is 10.5. The van der Waals surface area contributed by atoms with E-state index in [4.69, 9.17) is 46.4 Å². The van der Waals surface area contributed by atoms with Crippen molar-refractivity contribution in [1.29, 1.82) is 0 Å². The van der Waals surface area contributed by atoms with Crippen molar-refractivity contribution in [3.05, 3.63) is 84.8 Å². The Morgan fingerprint density at radius 1 is 1.04 bits per heavy atom. The van der Waals surface area contributed by atoms with E-state index in [0.717, 1.165) is 10.4 Å². The number of hydrogen-bond donors (Lipinski definition) is 1. The average molecular weight is 458 g/mol. The molecule has 0 aliphatic rings. The monoisotopic (exact) mass is 456 g/mol. The van der Waals surface area contributed by atoms with E-state index in [-0.39, 0.29) is 5.91 Å². The van der Waals surface area contributed by atoms with Crippen LogP contribution in [-0.4, -0.2) is 10.9 Å². The van der Waals surface area contributed by atoms with Crippen molar-refractivity contribution in [1.82, 2.24) is 4.98 Å². The first-order valence-electron chi connectivity index (χ1n) is 7.73. The van der Waals surface area contributed by atoms with E-state index in [1.807, 2.05) is 12.1 Å². The summed E-state index contributed by atoms with van der Waals surface area (Å²) in [5, 5.41) is 5.33. The lowest BCUT2D eigenvalue weighted by Crippen LogP contribution is -2.07. The second-order valence-corrected chi connectivity index (χ2v) is 8.32. The number of amides is 1. The van der Waals surface area contributed by atoms with Gasteiger partial charge in [0.1, 0.15) is 0 Å². The van der Waals surface area contributed by atoms with Gasteiger partial charge in [-0.15, -0.1) is 11.3 Å². The molecule has 3 nitrogen and oxygen atoms in total. The van der Waals surface area contributed by atoms with E-state index in [1.165, 1.54) is 17.4 Å². The lowest BCUT2D eigenvalue weighted by molar-refractivity contribution is -0.111. The van der Waals surface area contributed by atoms with Gasteiger partial charge in [-0.1, -0.05) is 52.5 Å². The fraction of sp³-hybridized carbons (Fsp3) is 0.0526. The van der Waals surface area contributed by atoms with Gasteiger partial charge in [0.2, 0.25) is 5.91 Å². The SMILES string of the molecule is O=C(/C=C/c1cc(Cl)ccc1Cl)Nc1ncc(Cc2ccc(Cl)c(Cl)c2)s1. The quantitative estimate of drug-likeness (QED) is 0.419. The van der Waals surface area contributed by atoms with Crippen LogP contribution in [0.25, 0.3) is 6.08 Å². The van der Waals surface area contributed by atoms with Gasteiger partial charge in [0.25, 0.3) is 0 Å². The first-order chi connectivity index (χ1) is 12.9. The number of carbonyl (C=O) groups is 1. The van der Waals surface area contributed by atoms with Crippen molar-refractivity contribution in [2.45, 2.75) is 6.42 Å². The number of rotatable bonds is 5. The molecule has 3 rings (SSSR count). The van der Waals surface area contributed by atoms with Crippen LogP contribution in [0.2, 0.25) is 20.1 Å². The molecule has 3 aromatic rings. The minimum absolute atomic E-state index is 0.304. The fourth-order valence-corrected chi connectivity index (χ4v) is 3.78. The second kappa shape index (κ2) is 9.09. The Hall–Kier alpha value is -1.56. The summed E-state index contributed by atoms with van der Waals surface area (Å²) < 4.78 is 0. The van der Waals surface area contributed by atoms with Crippen LogP contribution in [0.3, 0.4) is 0 Å². The molecule has 138 valence electrons. The highest BCUT2D eigenvalue weighted by molar-refractivity contribution is 7.15. The number of carbonyl (C=O) groups excluding carboxylic acids is 1. The minimum atomic E-state index is -0.304. The Labute approximate surface area is 180 Å². The molecule has 0 aliphatic heterocycles. The van der Waals surface area contributed by atoms with Crippen LogP contribution in [0.4, 0.5) is 5.13 Å². The molecular weight excluding hydrogens is 446 g/mol. The van der Waals surface area contributed by atoms with E-state index < -0.39 is 0 Å². The van der Waals surface area contributed by atoms with E-state index in [2.05, 4.69) is 10.3 Å². The smallest absolute Gasteiger partial charge is 0.250 e. The third-order valence-corrected chi connectivity index (χ3v) is 5.75. The average Bonchev–Trinajstić information content (AvgIpc) is 3.06. The zero-order valence-corrected chi connectivity index (χ0v) is 17.5. The number of aromatic nitrogens is 1. The molecule has 0 spiro atoms. The number of benzene rings is 2. The van der Waals surface area contributed by atoms with E-state index in [9.17, 15) is 4.79 Å². The molecular formula is C19H12Cl4N2OS. The van der Waals surface area contributed by atoms with Gasteiger partial charge in [-0.05, 0) is 47.5 Å². The highest BCUT2D eigenvalue weighted by Gasteiger charge is 2.07. The number of anilines is 1. The molecule has 1 N–H and O–H groups in total. The molecule has 0 fully saturated rings. The molecule has 0 saturated heterocycles. The van der Waals surface area contributed by atoms with Crippen molar-refractivity contribution in [2.75, 3.05) is 5.32 Å². The fourth-order valence-electron chi connectivity index (χ4n) is 2.25. The van der Waals surface area contributed by atoms with Crippen LogP contribution >= 0.6 is 57.7 Å². The summed E-state index contributed by atoms with van der Waals surface area (Å²) in [5.41, 5.74) is 1.68. The van der Waals surface area contributed by atoms with Crippen molar-refractivity contribution in [3.8, 4) is 0 Å². The van der Waals surface area contributed by atoms with Crippen LogP contribution in [0.5, 0.6) is 0 Å². The van der Waals surface area contributed by atoms with Gasteiger partial charge in [0.05, 0.1) is 10.0 Å². The summed E-state index contributed by atoms with van der Waals surface area (Å²) >= 11 is 25.4. The van der Waals surface area contributed by atoms with Crippen molar-refractivity contribution < 1.29 is 4.79 Å². The molecule has 0 unspecified atom stereocenters. The van der Waals surface area contributed by atoms with Crippen molar-refractivity contribution >= 4 is 74.9 Å². The Balaban J connectivity index is 1.63. The minimum Gasteiger partial charge on any atom is -0.298 e. The van der Waals surface area contributed by atoms with Crippen molar-refractivity contribution in [2.24, 2.45) is 0 Å². The normalized spacial score (nSPS) is 11.1. The number of thiazole rings is 1. The molecule has 0 bridgehead atoms. The van der Waals surface area contributed by atoms with Crippen LogP contribution in [-0.2, 0) is 11.2 Å². The Kier molecular flexibility index (Phi) is 6.79. The van der Waals surface area contributed by atoms with Gasteiger partial charge in [-0.3, -0.25) is 10.1 Å². The third kappa shape index (κ3) is 5.71. The first kappa shape index (κ1) is 20.2. The molecule has 0 atom stereocenters. The number of nitrogens with one attached hydrogen (secondary N) is 1. The van der Waals surface area contributed by atoms with Crippen LogP contribution in [0.15, 0.2) is 48.7 Å². The van der Waals surface area contributed by atoms with Gasteiger partial charge in [-0.25, -0.2) is 4.98 Å². The maximum absolute atomic E-state index is 12.1. The van der Waals surface area contributed by atoms with Crippen LogP contribution < -0.4 is 5.32 Å². The van der Waals surface area contributed by atoms with Gasteiger partial charge in [0.15, 0.2) is 5.13 Å². The predicted molar refractivity (Wildman–Crippen MR) is 116 cm³/mol. The predicted octanol–water partition coefficient (Wildman–Crippen LogP) is 7.00. The molecule has 0 saturated carbocycles. The summed E-state index contributed by atoms with van der Waals surface area (Å²) in [5.74, 6) is -0.304. The molecule has 27 heavy (non-hydrogen) atoms. The van der Waals surface area contributed by atoms with E-state index in [0.29, 0.717) is 37.2 Å². The van der Waals surface area contributed by atoms with Gasteiger partial charge < -0.3 is 0 Å². The highest BCUT2D eigenvalue weighted by Crippen LogP contribution is 2.26. The zero-order chi connectivity index (χ0) is 19.4.